The predicted molar refractivity (Wildman–Crippen MR) is 121 cm³/mol. The highest BCUT2D eigenvalue weighted by molar-refractivity contribution is 7.99. The van der Waals surface area contributed by atoms with Crippen molar-refractivity contribution in [1.29, 1.82) is 0 Å². The maximum absolute atomic E-state index is 12.4. The Hall–Kier alpha value is -2.84. The molecule has 0 saturated heterocycles. The molecule has 154 valence electrons. The van der Waals surface area contributed by atoms with Crippen LogP contribution in [0, 0.1) is 6.92 Å². The van der Waals surface area contributed by atoms with Crippen molar-refractivity contribution in [2.45, 2.75) is 18.5 Å². The van der Waals surface area contributed by atoms with E-state index >= 15 is 0 Å². The predicted octanol–water partition coefficient (Wildman–Crippen LogP) is 3.88. The number of nitrogens with one attached hydrogen (secondary N) is 1. The molecule has 2 heterocycles. The molecule has 7 nitrogen and oxygen atoms in total. The Kier molecular flexibility index (Phi) is 6.06. The average molecular weight is 441 g/mol. The molecule has 0 spiro atoms. The third-order valence-electron chi connectivity index (χ3n) is 4.67. The number of halogens is 1. The second-order valence-electron chi connectivity index (χ2n) is 6.94. The van der Waals surface area contributed by atoms with Crippen LogP contribution in [0.3, 0.4) is 0 Å². The van der Waals surface area contributed by atoms with E-state index in [4.69, 9.17) is 11.6 Å². The van der Waals surface area contributed by atoms with Crippen molar-refractivity contribution >= 4 is 40.8 Å². The first-order chi connectivity index (χ1) is 14.5. The smallest absolute Gasteiger partial charge is 0.235 e. The van der Waals surface area contributed by atoms with Crippen molar-refractivity contribution in [2.75, 3.05) is 17.3 Å². The number of benzene rings is 2. The summed E-state index contributed by atoms with van der Waals surface area (Å²) in [6.45, 7) is 2.73. The van der Waals surface area contributed by atoms with Crippen molar-refractivity contribution in [3.05, 3.63) is 59.1 Å². The number of carbonyl (C=O) groups is 1. The van der Waals surface area contributed by atoms with Gasteiger partial charge in [-0.25, -0.2) is 0 Å². The third-order valence-corrected chi connectivity index (χ3v) is 6.01. The summed E-state index contributed by atoms with van der Waals surface area (Å²) >= 11 is 7.68. The van der Waals surface area contributed by atoms with E-state index in [0.29, 0.717) is 28.3 Å². The summed E-state index contributed by atoms with van der Waals surface area (Å²) in [6, 6.07) is 15.7. The van der Waals surface area contributed by atoms with E-state index in [1.807, 2.05) is 72.1 Å². The zero-order valence-corrected chi connectivity index (χ0v) is 18.2. The second-order valence-corrected chi connectivity index (χ2v) is 8.29. The summed E-state index contributed by atoms with van der Waals surface area (Å²) in [7, 11) is 1.87. The summed E-state index contributed by atoms with van der Waals surface area (Å²) in [5, 5.41) is 19.0. The Morgan fingerprint density at radius 1 is 1.20 bits per heavy atom. The second kappa shape index (κ2) is 8.89. The topological polar surface area (TPSA) is 75.4 Å². The maximum atomic E-state index is 12.4. The molecule has 0 fully saturated rings. The molecule has 2 aromatic carbocycles. The Morgan fingerprint density at radius 3 is 2.77 bits per heavy atom. The quantitative estimate of drug-likeness (QED) is 0.609. The van der Waals surface area contributed by atoms with Crippen LogP contribution in [0.15, 0.2) is 58.8 Å². The number of carbonyl (C=O) groups excluding carboxylic acids is 1. The average Bonchev–Trinajstić information content (AvgIpc) is 3.34. The van der Waals surface area contributed by atoms with E-state index in [1.54, 1.807) is 0 Å². The summed E-state index contributed by atoms with van der Waals surface area (Å²) in [6.07, 6.45) is 0.700. The molecule has 1 aromatic heterocycles. The molecule has 0 aliphatic carbocycles. The van der Waals surface area contributed by atoms with Crippen LogP contribution in [0.2, 0.25) is 5.02 Å². The Labute approximate surface area is 184 Å². The Bertz CT molecular complexity index is 1100. The highest BCUT2D eigenvalue weighted by atomic mass is 35.5. The van der Waals surface area contributed by atoms with Crippen LogP contribution >= 0.6 is 23.4 Å². The van der Waals surface area contributed by atoms with Gasteiger partial charge in [0.25, 0.3) is 0 Å². The molecule has 30 heavy (non-hydrogen) atoms. The van der Waals surface area contributed by atoms with E-state index in [9.17, 15) is 4.79 Å². The van der Waals surface area contributed by atoms with Gasteiger partial charge in [0.05, 0.1) is 16.5 Å². The summed E-state index contributed by atoms with van der Waals surface area (Å²) < 4.78 is 1.85. The van der Waals surface area contributed by atoms with E-state index < -0.39 is 0 Å². The van der Waals surface area contributed by atoms with Gasteiger partial charge < -0.3 is 9.88 Å². The molecule has 4 rings (SSSR count). The number of anilines is 1. The fraction of sp³-hybridized carbons (Fsp3) is 0.238. The highest BCUT2D eigenvalue weighted by Gasteiger charge is 2.19. The molecule has 1 amide bonds. The monoisotopic (exact) mass is 440 g/mol. The number of aryl methyl sites for hydroxylation is 1. The standard InChI is InChI=1S/C21H21ClN6OS/c1-14-8-9-16(17(22)12-14)20-24-25-21(27(20)2)30-13-19(29)23-18-10-11-28(26-18)15-6-4-3-5-7-15/h3-9,12H,10-11,13H2,1-2H3,(H,23,26,29). The zero-order valence-electron chi connectivity index (χ0n) is 16.7. The largest absolute Gasteiger partial charge is 0.312 e. The van der Waals surface area contributed by atoms with Crippen LogP contribution in [-0.4, -0.2) is 38.8 Å². The van der Waals surface area contributed by atoms with E-state index in [0.717, 1.165) is 23.4 Å². The lowest BCUT2D eigenvalue weighted by Gasteiger charge is -2.12. The van der Waals surface area contributed by atoms with Gasteiger partial charge in [-0.05, 0) is 36.8 Å². The van der Waals surface area contributed by atoms with Gasteiger partial charge in [0.15, 0.2) is 11.0 Å². The number of aromatic nitrogens is 3. The molecule has 3 aromatic rings. The van der Waals surface area contributed by atoms with E-state index in [1.165, 1.54) is 11.8 Å². The first-order valence-corrected chi connectivity index (χ1v) is 10.9. The lowest BCUT2D eigenvalue weighted by Crippen LogP contribution is -2.30. The lowest BCUT2D eigenvalue weighted by molar-refractivity contribution is -0.117. The van der Waals surface area contributed by atoms with Crippen molar-refractivity contribution in [3.8, 4) is 11.4 Å². The Morgan fingerprint density at radius 2 is 2.00 bits per heavy atom. The van der Waals surface area contributed by atoms with Crippen LogP contribution in [0.1, 0.15) is 12.0 Å². The molecule has 1 N–H and O–H groups in total. The maximum Gasteiger partial charge on any atom is 0.235 e. The number of thioether (sulfide) groups is 1. The van der Waals surface area contributed by atoms with Crippen molar-refractivity contribution in [2.24, 2.45) is 12.1 Å². The van der Waals surface area contributed by atoms with Gasteiger partial charge in [-0.3, -0.25) is 9.80 Å². The Balaban J connectivity index is 1.36. The minimum Gasteiger partial charge on any atom is -0.312 e. The van der Waals surface area contributed by atoms with Crippen LogP contribution in [-0.2, 0) is 11.8 Å². The summed E-state index contributed by atoms with van der Waals surface area (Å²) in [5.74, 6) is 1.44. The fourth-order valence-electron chi connectivity index (χ4n) is 3.14. The van der Waals surface area contributed by atoms with Crippen molar-refractivity contribution in [1.82, 2.24) is 20.1 Å². The zero-order chi connectivity index (χ0) is 21.1. The van der Waals surface area contributed by atoms with Crippen molar-refractivity contribution < 1.29 is 4.79 Å². The van der Waals surface area contributed by atoms with Crippen LogP contribution in [0.5, 0.6) is 0 Å². The van der Waals surface area contributed by atoms with E-state index in [-0.39, 0.29) is 11.7 Å². The number of amidine groups is 1. The third kappa shape index (κ3) is 4.49. The molecule has 0 bridgehead atoms. The molecule has 0 radical (unpaired) electrons. The van der Waals surface area contributed by atoms with Gasteiger partial charge in [-0.2, -0.15) is 5.10 Å². The molecular weight excluding hydrogens is 420 g/mol. The van der Waals surface area contributed by atoms with E-state index in [2.05, 4.69) is 20.6 Å². The number of hydrogen-bond acceptors (Lipinski definition) is 6. The van der Waals surface area contributed by atoms with Gasteiger partial charge >= 0.3 is 0 Å². The minimum absolute atomic E-state index is 0.119. The number of para-hydroxylation sites is 1. The number of rotatable bonds is 5. The number of nitrogens with zero attached hydrogens (tertiary/aromatic N) is 5. The van der Waals surface area contributed by atoms with Crippen LogP contribution in [0.4, 0.5) is 5.69 Å². The van der Waals surface area contributed by atoms with Gasteiger partial charge in [0.1, 0.15) is 5.84 Å². The first kappa shape index (κ1) is 20.4. The fourth-order valence-corrected chi connectivity index (χ4v) is 4.17. The molecule has 0 saturated carbocycles. The molecule has 9 heteroatoms. The van der Waals surface area contributed by atoms with Crippen LogP contribution < -0.4 is 10.3 Å². The van der Waals surface area contributed by atoms with Gasteiger partial charge in [-0.15, -0.1) is 10.2 Å². The molecule has 0 unspecified atom stereocenters. The van der Waals surface area contributed by atoms with Crippen molar-refractivity contribution in [3.63, 3.8) is 0 Å². The summed E-state index contributed by atoms with van der Waals surface area (Å²) in [5.41, 5.74) is 2.91. The van der Waals surface area contributed by atoms with Crippen LogP contribution in [0.25, 0.3) is 11.4 Å². The lowest BCUT2D eigenvalue weighted by atomic mass is 10.1. The van der Waals surface area contributed by atoms with Gasteiger partial charge in [0, 0.05) is 25.6 Å². The van der Waals surface area contributed by atoms with Gasteiger partial charge in [-0.1, -0.05) is 47.6 Å². The molecule has 1 aliphatic heterocycles. The molecular formula is C21H21ClN6OS. The number of hydrazone groups is 1. The summed E-state index contributed by atoms with van der Waals surface area (Å²) in [4.78, 5) is 12.4. The normalized spacial score (nSPS) is 13.4. The SMILES string of the molecule is Cc1ccc(-c2nnc(SCC(=O)NC3=NN(c4ccccc4)CC3)n2C)c(Cl)c1. The number of amides is 1. The number of hydrogen-bond donors (Lipinski definition) is 1. The van der Waals surface area contributed by atoms with Gasteiger partial charge in [0.2, 0.25) is 5.91 Å². The first-order valence-electron chi connectivity index (χ1n) is 9.50. The highest BCUT2D eigenvalue weighted by Crippen LogP contribution is 2.29. The molecule has 1 aliphatic rings. The minimum atomic E-state index is -0.119. The molecule has 0 atom stereocenters.